The predicted molar refractivity (Wildman–Crippen MR) is 62.7 cm³/mol. The van der Waals surface area contributed by atoms with Gasteiger partial charge in [0.25, 0.3) is 0 Å². The highest BCUT2D eigenvalue weighted by atomic mass is 32.2. The van der Waals surface area contributed by atoms with Gasteiger partial charge in [0.1, 0.15) is 11.0 Å². The van der Waals surface area contributed by atoms with Crippen LogP contribution in [0.25, 0.3) is 0 Å². The van der Waals surface area contributed by atoms with Crippen LogP contribution < -0.4 is 4.72 Å². The highest BCUT2D eigenvalue weighted by Gasteiger charge is 2.19. The molecule has 1 aromatic rings. The fraction of sp³-hybridized carbons (Fsp3) is 0.455. The highest BCUT2D eigenvalue weighted by molar-refractivity contribution is 7.87. The summed E-state index contributed by atoms with van der Waals surface area (Å²) in [5.74, 6) is 0. The van der Waals surface area contributed by atoms with E-state index in [4.69, 9.17) is 0 Å². The molecular formula is C11H17NOS. The van der Waals surface area contributed by atoms with Gasteiger partial charge in [-0.3, -0.25) is 0 Å². The van der Waals surface area contributed by atoms with Crippen molar-refractivity contribution in [3.8, 4) is 0 Å². The second-order valence-corrected chi connectivity index (χ2v) is 6.32. The quantitative estimate of drug-likeness (QED) is 0.800. The highest BCUT2D eigenvalue weighted by Crippen LogP contribution is 2.16. The van der Waals surface area contributed by atoms with E-state index in [0.29, 0.717) is 0 Å². The largest absolute Gasteiger partial charge is 0.305 e. The lowest BCUT2D eigenvalue weighted by Crippen LogP contribution is -2.27. The molecule has 1 aromatic carbocycles. The summed E-state index contributed by atoms with van der Waals surface area (Å²) in [5.41, 5.74) is 2.11. The standard InChI is InChI=1S/C11H17NOS/c1-9-5-7-10(8-6-9)12-14(13)11(2,3)4/h5-8,12H,1-4H3/t14-/m1/s1. The van der Waals surface area contributed by atoms with Crippen molar-refractivity contribution in [2.24, 2.45) is 0 Å². The number of benzene rings is 1. The molecule has 1 atom stereocenters. The minimum Gasteiger partial charge on any atom is -0.305 e. The molecule has 14 heavy (non-hydrogen) atoms. The first-order chi connectivity index (χ1) is 6.39. The Hall–Kier alpha value is -0.830. The van der Waals surface area contributed by atoms with Gasteiger partial charge >= 0.3 is 0 Å². The number of aryl methyl sites for hydroxylation is 1. The molecule has 78 valence electrons. The maximum atomic E-state index is 11.7. The smallest absolute Gasteiger partial charge is 0.122 e. The van der Waals surface area contributed by atoms with Crippen molar-refractivity contribution in [3.05, 3.63) is 29.8 Å². The van der Waals surface area contributed by atoms with E-state index in [1.807, 2.05) is 52.0 Å². The fourth-order valence-electron chi connectivity index (χ4n) is 0.882. The summed E-state index contributed by atoms with van der Waals surface area (Å²) in [7, 11) is -1.04. The Bertz CT molecular complexity index is 324. The van der Waals surface area contributed by atoms with Crippen LogP contribution in [-0.4, -0.2) is 8.96 Å². The summed E-state index contributed by atoms with van der Waals surface area (Å²) in [4.78, 5) is 0. The normalized spacial score (nSPS) is 13.7. The lowest BCUT2D eigenvalue weighted by molar-refractivity contribution is 0.653. The summed E-state index contributed by atoms with van der Waals surface area (Å²) in [6, 6.07) is 7.89. The van der Waals surface area contributed by atoms with Crippen LogP contribution in [0, 0.1) is 6.92 Å². The Kier molecular flexibility index (Phi) is 3.32. The Labute approximate surface area is 88.3 Å². The second-order valence-electron chi connectivity index (χ2n) is 4.35. The molecule has 0 fully saturated rings. The van der Waals surface area contributed by atoms with E-state index in [-0.39, 0.29) is 4.75 Å². The van der Waals surface area contributed by atoms with Gasteiger partial charge in [0.05, 0.1) is 4.75 Å². The Balaban J connectivity index is 2.71. The molecule has 0 saturated heterocycles. The Morgan fingerprint density at radius 2 is 1.64 bits per heavy atom. The number of nitrogens with one attached hydrogen (secondary N) is 1. The van der Waals surface area contributed by atoms with Crippen molar-refractivity contribution >= 4 is 16.7 Å². The first-order valence-electron chi connectivity index (χ1n) is 4.65. The van der Waals surface area contributed by atoms with Crippen LogP contribution in [0.2, 0.25) is 0 Å². The van der Waals surface area contributed by atoms with Gasteiger partial charge in [-0.1, -0.05) is 17.7 Å². The van der Waals surface area contributed by atoms with Crippen LogP contribution in [0.1, 0.15) is 26.3 Å². The minimum atomic E-state index is -1.04. The average Bonchev–Trinajstić information content (AvgIpc) is 2.07. The molecular weight excluding hydrogens is 194 g/mol. The van der Waals surface area contributed by atoms with Crippen molar-refractivity contribution in [1.82, 2.24) is 0 Å². The Morgan fingerprint density at radius 3 is 2.07 bits per heavy atom. The van der Waals surface area contributed by atoms with Crippen LogP contribution in [-0.2, 0) is 11.0 Å². The van der Waals surface area contributed by atoms with Gasteiger partial charge in [0.2, 0.25) is 0 Å². The van der Waals surface area contributed by atoms with E-state index in [2.05, 4.69) is 4.72 Å². The van der Waals surface area contributed by atoms with Crippen LogP contribution in [0.4, 0.5) is 5.69 Å². The van der Waals surface area contributed by atoms with E-state index in [0.717, 1.165) is 5.69 Å². The lowest BCUT2D eigenvalue weighted by Gasteiger charge is -2.18. The number of hydrogen-bond acceptors (Lipinski definition) is 1. The molecule has 2 nitrogen and oxygen atoms in total. The van der Waals surface area contributed by atoms with Crippen LogP contribution in [0.3, 0.4) is 0 Å². The van der Waals surface area contributed by atoms with Crippen molar-refractivity contribution in [1.29, 1.82) is 0 Å². The maximum absolute atomic E-state index is 11.7. The SMILES string of the molecule is Cc1ccc(N[S@](=O)C(C)(C)C)cc1. The second kappa shape index (κ2) is 4.13. The molecule has 0 saturated carbocycles. The number of rotatable bonds is 2. The van der Waals surface area contributed by atoms with E-state index >= 15 is 0 Å². The third-order valence-electron chi connectivity index (χ3n) is 1.82. The zero-order valence-corrected chi connectivity index (χ0v) is 9.94. The molecule has 3 heteroatoms. The molecule has 0 heterocycles. The molecule has 0 aromatic heterocycles. The third kappa shape index (κ3) is 3.14. The average molecular weight is 211 g/mol. The summed E-state index contributed by atoms with van der Waals surface area (Å²) in [6.45, 7) is 7.88. The molecule has 0 bridgehead atoms. The van der Waals surface area contributed by atoms with Gasteiger partial charge in [-0.15, -0.1) is 0 Å². The van der Waals surface area contributed by atoms with Gasteiger partial charge < -0.3 is 4.72 Å². The third-order valence-corrected chi connectivity index (χ3v) is 3.35. The van der Waals surface area contributed by atoms with Gasteiger partial charge in [-0.2, -0.15) is 0 Å². The topological polar surface area (TPSA) is 29.1 Å². The van der Waals surface area contributed by atoms with Crippen LogP contribution in [0.5, 0.6) is 0 Å². The molecule has 1 rings (SSSR count). The van der Waals surface area contributed by atoms with Gasteiger partial charge in [0.15, 0.2) is 0 Å². The monoisotopic (exact) mass is 211 g/mol. The van der Waals surface area contributed by atoms with E-state index < -0.39 is 11.0 Å². The Morgan fingerprint density at radius 1 is 1.14 bits per heavy atom. The number of hydrogen-bond donors (Lipinski definition) is 1. The summed E-state index contributed by atoms with van der Waals surface area (Å²) >= 11 is 0. The summed E-state index contributed by atoms with van der Waals surface area (Å²) < 4.78 is 14.5. The predicted octanol–water partition coefficient (Wildman–Crippen LogP) is 2.87. The molecule has 0 amide bonds. The van der Waals surface area contributed by atoms with Gasteiger partial charge in [-0.25, -0.2) is 4.21 Å². The van der Waals surface area contributed by atoms with Crippen molar-refractivity contribution in [2.75, 3.05) is 4.72 Å². The molecule has 0 spiro atoms. The zero-order valence-electron chi connectivity index (χ0n) is 9.13. The van der Waals surface area contributed by atoms with E-state index in [1.54, 1.807) is 0 Å². The zero-order chi connectivity index (χ0) is 10.8. The molecule has 0 radical (unpaired) electrons. The van der Waals surface area contributed by atoms with Gasteiger partial charge in [-0.05, 0) is 39.8 Å². The van der Waals surface area contributed by atoms with Crippen LogP contribution >= 0.6 is 0 Å². The van der Waals surface area contributed by atoms with E-state index in [9.17, 15) is 4.21 Å². The maximum Gasteiger partial charge on any atom is 0.122 e. The summed E-state index contributed by atoms with van der Waals surface area (Å²) in [5, 5.41) is 0. The molecule has 0 aliphatic carbocycles. The van der Waals surface area contributed by atoms with Crippen molar-refractivity contribution in [2.45, 2.75) is 32.4 Å². The molecule has 0 unspecified atom stereocenters. The minimum absolute atomic E-state index is 0.231. The molecule has 1 N–H and O–H groups in total. The van der Waals surface area contributed by atoms with Gasteiger partial charge in [0, 0.05) is 5.69 Å². The van der Waals surface area contributed by atoms with Crippen molar-refractivity contribution < 1.29 is 4.21 Å². The first-order valence-corrected chi connectivity index (χ1v) is 5.80. The first kappa shape index (κ1) is 11.2. The van der Waals surface area contributed by atoms with Crippen molar-refractivity contribution in [3.63, 3.8) is 0 Å². The number of anilines is 1. The fourth-order valence-corrected chi connectivity index (χ4v) is 1.54. The summed E-state index contributed by atoms with van der Waals surface area (Å²) in [6.07, 6.45) is 0. The lowest BCUT2D eigenvalue weighted by atomic mass is 10.2. The van der Waals surface area contributed by atoms with Crippen LogP contribution in [0.15, 0.2) is 24.3 Å². The molecule has 0 aliphatic rings. The molecule has 0 aliphatic heterocycles. The van der Waals surface area contributed by atoms with E-state index in [1.165, 1.54) is 5.56 Å².